The second-order valence-corrected chi connectivity index (χ2v) is 7.06. The molecule has 23 heavy (non-hydrogen) atoms. The average Bonchev–Trinajstić information content (AvgIpc) is 2.80. The van der Waals surface area contributed by atoms with Gasteiger partial charge in [0.15, 0.2) is 0 Å². The van der Waals surface area contributed by atoms with Gasteiger partial charge < -0.3 is 15.1 Å². The highest BCUT2D eigenvalue weighted by molar-refractivity contribution is 5.84. The zero-order valence-corrected chi connectivity index (χ0v) is 14.7. The van der Waals surface area contributed by atoms with E-state index in [4.69, 9.17) is 0 Å². The first-order valence-corrected chi connectivity index (χ1v) is 9.46. The second kappa shape index (κ2) is 9.91. The quantitative estimate of drug-likeness (QED) is 0.813. The second-order valence-electron chi connectivity index (χ2n) is 7.06. The minimum Gasteiger partial charge on any atom is -0.347 e. The summed E-state index contributed by atoms with van der Waals surface area (Å²) in [6, 6.07) is 0. The fraction of sp³-hybridized carbons (Fsp3) is 0.889. The van der Waals surface area contributed by atoms with Gasteiger partial charge in [-0.3, -0.25) is 9.59 Å². The van der Waals surface area contributed by atoms with Crippen molar-refractivity contribution in [1.29, 1.82) is 0 Å². The van der Waals surface area contributed by atoms with Gasteiger partial charge in [-0.1, -0.05) is 26.2 Å². The number of hydrogen-bond donors (Lipinski definition) is 1. The number of amides is 2. The average molecular weight is 323 g/mol. The Hall–Kier alpha value is -1.10. The molecule has 0 atom stereocenters. The van der Waals surface area contributed by atoms with E-state index in [1.54, 1.807) is 0 Å². The van der Waals surface area contributed by atoms with Crippen LogP contribution in [0.1, 0.15) is 58.3 Å². The fourth-order valence-electron chi connectivity index (χ4n) is 3.77. The summed E-state index contributed by atoms with van der Waals surface area (Å²) in [6.07, 6.45) is 8.92. The maximum atomic E-state index is 12.3. The van der Waals surface area contributed by atoms with Crippen molar-refractivity contribution < 1.29 is 9.59 Å². The van der Waals surface area contributed by atoms with Crippen LogP contribution in [0.3, 0.4) is 0 Å². The summed E-state index contributed by atoms with van der Waals surface area (Å²) in [5.74, 6) is 0.646. The first-order chi connectivity index (χ1) is 11.2. The summed E-state index contributed by atoms with van der Waals surface area (Å²) >= 11 is 0. The molecule has 1 heterocycles. The van der Waals surface area contributed by atoms with E-state index in [-0.39, 0.29) is 18.4 Å². The molecule has 1 N–H and O–H groups in total. The number of carbonyl (C=O) groups is 2. The summed E-state index contributed by atoms with van der Waals surface area (Å²) in [5, 5.41) is 2.84. The first kappa shape index (κ1) is 18.2. The summed E-state index contributed by atoms with van der Waals surface area (Å²) in [4.78, 5) is 28.7. The van der Waals surface area contributed by atoms with Crippen molar-refractivity contribution in [1.82, 2.24) is 15.1 Å². The normalized spacial score (nSPS) is 21.0. The molecule has 0 aromatic rings. The van der Waals surface area contributed by atoms with Crippen LogP contribution in [0.2, 0.25) is 0 Å². The van der Waals surface area contributed by atoms with E-state index in [0.29, 0.717) is 12.3 Å². The molecule has 1 aliphatic heterocycles. The van der Waals surface area contributed by atoms with Gasteiger partial charge in [-0.25, -0.2) is 0 Å². The van der Waals surface area contributed by atoms with Crippen molar-refractivity contribution in [3.63, 3.8) is 0 Å². The Bertz CT molecular complexity index is 380. The third kappa shape index (κ3) is 6.50. The van der Waals surface area contributed by atoms with E-state index in [2.05, 4.69) is 17.1 Å². The number of nitrogens with one attached hydrogen (secondary N) is 1. The first-order valence-electron chi connectivity index (χ1n) is 9.46. The van der Waals surface area contributed by atoms with Crippen LogP contribution in [-0.2, 0) is 9.59 Å². The number of rotatable bonds is 6. The van der Waals surface area contributed by atoms with E-state index in [1.165, 1.54) is 32.1 Å². The SMILES string of the molecule is CCCN1CCCN(C(=O)CNC(=O)CC2CCCCC2)CC1. The standard InChI is InChI=1S/C18H33N3O2/c1-2-9-20-10-6-11-21(13-12-20)18(23)15-19-17(22)14-16-7-4-3-5-8-16/h16H,2-15H2,1H3,(H,19,22). The molecule has 2 amide bonds. The Kier molecular flexibility index (Phi) is 7.86. The lowest BCUT2D eigenvalue weighted by atomic mass is 9.87. The third-order valence-corrected chi connectivity index (χ3v) is 5.12. The molecular formula is C18H33N3O2. The molecule has 0 unspecified atom stereocenters. The molecule has 5 nitrogen and oxygen atoms in total. The summed E-state index contributed by atoms with van der Waals surface area (Å²) in [6.45, 7) is 7.10. The predicted octanol–water partition coefficient (Wildman–Crippen LogP) is 2.02. The number of hydrogen-bond acceptors (Lipinski definition) is 3. The summed E-state index contributed by atoms with van der Waals surface area (Å²) in [5.41, 5.74) is 0. The van der Waals surface area contributed by atoms with Gasteiger partial charge in [0, 0.05) is 26.1 Å². The Morgan fingerprint density at radius 2 is 1.78 bits per heavy atom. The molecule has 2 aliphatic rings. The molecule has 0 radical (unpaired) electrons. The lowest BCUT2D eigenvalue weighted by Crippen LogP contribution is -2.42. The van der Waals surface area contributed by atoms with Crippen molar-refractivity contribution >= 4 is 11.8 Å². The molecule has 2 rings (SSSR count). The molecule has 0 aromatic heterocycles. The number of nitrogens with zero attached hydrogens (tertiary/aromatic N) is 2. The Labute approximate surface area is 140 Å². The molecule has 0 spiro atoms. The number of carbonyl (C=O) groups excluding carboxylic acids is 2. The van der Waals surface area contributed by atoms with Crippen LogP contribution < -0.4 is 5.32 Å². The lowest BCUT2D eigenvalue weighted by Gasteiger charge is -2.23. The summed E-state index contributed by atoms with van der Waals surface area (Å²) < 4.78 is 0. The molecule has 1 aliphatic carbocycles. The van der Waals surface area contributed by atoms with Gasteiger partial charge in [0.05, 0.1) is 6.54 Å². The van der Waals surface area contributed by atoms with Crippen LogP contribution in [0.4, 0.5) is 0 Å². The Balaban J connectivity index is 1.66. The Morgan fingerprint density at radius 1 is 1.00 bits per heavy atom. The van der Waals surface area contributed by atoms with E-state index in [9.17, 15) is 9.59 Å². The molecule has 5 heteroatoms. The van der Waals surface area contributed by atoms with E-state index in [0.717, 1.165) is 45.6 Å². The molecule has 1 saturated heterocycles. The minimum absolute atomic E-state index is 0.0488. The van der Waals surface area contributed by atoms with Crippen LogP contribution in [0.25, 0.3) is 0 Å². The van der Waals surface area contributed by atoms with Gasteiger partial charge in [-0.15, -0.1) is 0 Å². The van der Waals surface area contributed by atoms with Crippen LogP contribution in [0.15, 0.2) is 0 Å². The van der Waals surface area contributed by atoms with E-state index >= 15 is 0 Å². The molecule has 2 fully saturated rings. The fourth-order valence-corrected chi connectivity index (χ4v) is 3.77. The van der Waals surface area contributed by atoms with Crippen LogP contribution in [-0.4, -0.2) is 60.9 Å². The highest BCUT2D eigenvalue weighted by atomic mass is 16.2. The van der Waals surface area contributed by atoms with Crippen molar-refractivity contribution in [2.45, 2.75) is 58.3 Å². The molecule has 132 valence electrons. The molecule has 1 saturated carbocycles. The Morgan fingerprint density at radius 3 is 2.52 bits per heavy atom. The monoisotopic (exact) mass is 323 g/mol. The van der Waals surface area contributed by atoms with Crippen LogP contribution in [0, 0.1) is 5.92 Å². The van der Waals surface area contributed by atoms with Crippen molar-refractivity contribution in [3.8, 4) is 0 Å². The smallest absolute Gasteiger partial charge is 0.242 e. The summed E-state index contributed by atoms with van der Waals surface area (Å²) in [7, 11) is 0. The van der Waals surface area contributed by atoms with Gasteiger partial charge in [0.1, 0.15) is 0 Å². The molecular weight excluding hydrogens is 290 g/mol. The van der Waals surface area contributed by atoms with Gasteiger partial charge in [0.25, 0.3) is 0 Å². The maximum Gasteiger partial charge on any atom is 0.242 e. The minimum atomic E-state index is 0.0488. The largest absolute Gasteiger partial charge is 0.347 e. The van der Waals surface area contributed by atoms with Gasteiger partial charge in [0.2, 0.25) is 11.8 Å². The molecule has 0 bridgehead atoms. The van der Waals surface area contributed by atoms with Gasteiger partial charge in [-0.05, 0) is 44.7 Å². The van der Waals surface area contributed by atoms with Crippen molar-refractivity contribution in [2.24, 2.45) is 5.92 Å². The van der Waals surface area contributed by atoms with Crippen LogP contribution in [0.5, 0.6) is 0 Å². The zero-order chi connectivity index (χ0) is 16.5. The maximum absolute atomic E-state index is 12.3. The lowest BCUT2D eigenvalue weighted by molar-refractivity contribution is -0.133. The highest BCUT2D eigenvalue weighted by Crippen LogP contribution is 2.25. The predicted molar refractivity (Wildman–Crippen MR) is 92.1 cm³/mol. The van der Waals surface area contributed by atoms with E-state index in [1.807, 2.05) is 4.90 Å². The van der Waals surface area contributed by atoms with E-state index < -0.39 is 0 Å². The molecule has 0 aromatic carbocycles. The highest BCUT2D eigenvalue weighted by Gasteiger charge is 2.20. The van der Waals surface area contributed by atoms with Gasteiger partial charge in [-0.2, -0.15) is 0 Å². The zero-order valence-electron chi connectivity index (χ0n) is 14.7. The van der Waals surface area contributed by atoms with Crippen molar-refractivity contribution in [3.05, 3.63) is 0 Å². The van der Waals surface area contributed by atoms with Gasteiger partial charge >= 0.3 is 0 Å². The topological polar surface area (TPSA) is 52.6 Å². The van der Waals surface area contributed by atoms with Crippen LogP contribution >= 0.6 is 0 Å². The third-order valence-electron chi connectivity index (χ3n) is 5.12. The van der Waals surface area contributed by atoms with Crippen molar-refractivity contribution in [2.75, 3.05) is 39.3 Å².